The predicted molar refractivity (Wildman–Crippen MR) is 95.3 cm³/mol. The van der Waals surface area contributed by atoms with E-state index in [9.17, 15) is 9.59 Å². The molecule has 1 aliphatic rings. The molecule has 132 valence electrons. The third kappa shape index (κ3) is 4.37. The fraction of sp³-hybridized carbons (Fsp3) is 0.389. The molecule has 0 aliphatic carbocycles. The van der Waals surface area contributed by atoms with Gasteiger partial charge in [0.1, 0.15) is 0 Å². The monoisotopic (exact) mass is 341 g/mol. The number of aromatic nitrogens is 2. The molecular formula is C18H23N5O2. The van der Waals surface area contributed by atoms with E-state index in [-0.39, 0.29) is 18.0 Å². The number of aryl methyl sites for hydroxylation is 1. The Morgan fingerprint density at radius 1 is 1.24 bits per heavy atom. The van der Waals surface area contributed by atoms with Gasteiger partial charge in [0.2, 0.25) is 0 Å². The SMILES string of the molecule is Cn1cc(NC(=O)N2CCCC[C@H]2CNC(=O)c2ccccc2)cn1. The molecular weight excluding hydrogens is 318 g/mol. The molecule has 2 N–H and O–H groups in total. The van der Waals surface area contributed by atoms with Crippen LogP contribution in [0.4, 0.5) is 10.5 Å². The Labute approximate surface area is 147 Å². The van der Waals surface area contributed by atoms with Crippen LogP contribution in [0.1, 0.15) is 29.6 Å². The number of likely N-dealkylation sites (tertiary alicyclic amines) is 1. The second-order valence-electron chi connectivity index (χ2n) is 6.25. The Hall–Kier alpha value is -2.83. The first kappa shape index (κ1) is 17.0. The minimum atomic E-state index is -0.147. The van der Waals surface area contributed by atoms with Crippen molar-refractivity contribution in [2.24, 2.45) is 7.05 Å². The van der Waals surface area contributed by atoms with Crippen molar-refractivity contribution in [3.63, 3.8) is 0 Å². The zero-order valence-corrected chi connectivity index (χ0v) is 14.3. The number of carbonyl (C=O) groups excluding carboxylic acids is 2. The maximum absolute atomic E-state index is 12.6. The van der Waals surface area contributed by atoms with Crippen molar-refractivity contribution in [3.05, 3.63) is 48.3 Å². The van der Waals surface area contributed by atoms with Gasteiger partial charge in [0.05, 0.1) is 17.9 Å². The first-order valence-corrected chi connectivity index (χ1v) is 8.53. The molecule has 3 rings (SSSR count). The van der Waals surface area contributed by atoms with Crippen LogP contribution in [-0.2, 0) is 7.05 Å². The Morgan fingerprint density at radius 3 is 2.76 bits per heavy atom. The number of hydrogen-bond acceptors (Lipinski definition) is 3. The Bertz CT molecular complexity index is 728. The molecule has 7 heteroatoms. The van der Waals surface area contributed by atoms with Gasteiger partial charge in [0, 0.05) is 31.9 Å². The molecule has 0 radical (unpaired) electrons. The first-order valence-electron chi connectivity index (χ1n) is 8.53. The zero-order chi connectivity index (χ0) is 17.6. The minimum absolute atomic E-state index is 0.00177. The van der Waals surface area contributed by atoms with Crippen LogP contribution in [0.5, 0.6) is 0 Å². The average molecular weight is 341 g/mol. The van der Waals surface area contributed by atoms with Gasteiger partial charge in [-0.1, -0.05) is 18.2 Å². The molecule has 1 aromatic heterocycles. The molecule has 0 unspecified atom stereocenters. The van der Waals surface area contributed by atoms with Gasteiger partial charge in [-0.25, -0.2) is 4.79 Å². The van der Waals surface area contributed by atoms with Crippen molar-refractivity contribution in [1.29, 1.82) is 0 Å². The Morgan fingerprint density at radius 2 is 2.04 bits per heavy atom. The number of carbonyl (C=O) groups is 2. The lowest BCUT2D eigenvalue weighted by Crippen LogP contribution is -2.50. The van der Waals surface area contributed by atoms with E-state index in [1.54, 1.807) is 36.3 Å². The lowest BCUT2D eigenvalue weighted by Gasteiger charge is -2.35. The van der Waals surface area contributed by atoms with Gasteiger partial charge in [0.15, 0.2) is 0 Å². The van der Waals surface area contributed by atoms with Crippen LogP contribution in [0.25, 0.3) is 0 Å². The smallest absolute Gasteiger partial charge is 0.322 e. The van der Waals surface area contributed by atoms with E-state index in [4.69, 9.17) is 0 Å². The molecule has 1 aliphatic heterocycles. The molecule has 1 aromatic carbocycles. The Balaban J connectivity index is 1.58. The number of nitrogens with zero attached hydrogens (tertiary/aromatic N) is 3. The predicted octanol–water partition coefficient (Wildman–Crippen LogP) is 2.24. The van der Waals surface area contributed by atoms with Crippen molar-refractivity contribution in [2.45, 2.75) is 25.3 Å². The summed E-state index contributed by atoms with van der Waals surface area (Å²) in [5, 5.41) is 9.87. The molecule has 3 amide bonds. The van der Waals surface area contributed by atoms with Crippen molar-refractivity contribution >= 4 is 17.6 Å². The largest absolute Gasteiger partial charge is 0.350 e. The van der Waals surface area contributed by atoms with Crippen LogP contribution in [0.3, 0.4) is 0 Å². The molecule has 1 saturated heterocycles. The maximum atomic E-state index is 12.6. The first-order chi connectivity index (χ1) is 12.1. The normalized spacial score (nSPS) is 17.2. The summed E-state index contributed by atoms with van der Waals surface area (Å²) in [7, 11) is 1.80. The van der Waals surface area contributed by atoms with Gasteiger partial charge in [-0.05, 0) is 31.4 Å². The number of rotatable bonds is 4. The van der Waals surface area contributed by atoms with E-state index >= 15 is 0 Å². The van der Waals surface area contributed by atoms with Crippen LogP contribution in [-0.4, -0.2) is 45.8 Å². The minimum Gasteiger partial charge on any atom is -0.350 e. The lowest BCUT2D eigenvalue weighted by atomic mass is 10.0. The third-order valence-corrected chi connectivity index (χ3v) is 4.38. The molecule has 0 bridgehead atoms. The van der Waals surface area contributed by atoms with E-state index in [0.29, 0.717) is 24.3 Å². The molecule has 2 aromatic rings. The quantitative estimate of drug-likeness (QED) is 0.895. The van der Waals surface area contributed by atoms with Crippen LogP contribution in [0, 0.1) is 0 Å². The summed E-state index contributed by atoms with van der Waals surface area (Å²) >= 11 is 0. The second kappa shape index (κ2) is 7.83. The molecule has 25 heavy (non-hydrogen) atoms. The van der Waals surface area contributed by atoms with Gasteiger partial charge in [-0.3, -0.25) is 9.48 Å². The molecule has 1 fully saturated rings. The standard InChI is InChI=1S/C18H23N5O2/c1-22-13-15(11-20-22)21-18(25)23-10-6-5-9-16(23)12-19-17(24)14-7-3-2-4-8-14/h2-4,7-8,11,13,16H,5-6,9-10,12H2,1H3,(H,19,24)(H,21,25)/t16-/m0/s1. The van der Waals surface area contributed by atoms with Gasteiger partial charge in [0.25, 0.3) is 5.91 Å². The number of urea groups is 1. The van der Waals surface area contributed by atoms with Crippen molar-refractivity contribution in [1.82, 2.24) is 20.0 Å². The summed E-state index contributed by atoms with van der Waals surface area (Å²) in [4.78, 5) is 26.6. The van der Waals surface area contributed by atoms with Crippen LogP contribution in [0.2, 0.25) is 0 Å². The van der Waals surface area contributed by atoms with Crippen molar-refractivity contribution < 1.29 is 9.59 Å². The zero-order valence-electron chi connectivity index (χ0n) is 14.3. The van der Waals surface area contributed by atoms with Crippen molar-refractivity contribution in [2.75, 3.05) is 18.4 Å². The van der Waals surface area contributed by atoms with Crippen molar-refractivity contribution in [3.8, 4) is 0 Å². The van der Waals surface area contributed by atoms with Gasteiger partial charge in [-0.15, -0.1) is 0 Å². The number of benzene rings is 1. The van der Waals surface area contributed by atoms with Gasteiger partial charge >= 0.3 is 6.03 Å². The van der Waals surface area contributed by atoms with Crippen LogP contribution in [0.15, 0.2) is 42.7 Å². The second-order valence-corrected chi connectivity index (χ2v) is 6.25. The number of hydrogen-bond donors (Lipinski definition) is 2. The fourth-order valence-corrected chi connectivity index (χ4v) is 3.06. The molecule has 0 spiro atoms. The summed E-state index contributed by atoms with van der Waals surface area (Å²) in [5.74, 6) is -0.112. The number of nitrogens with one attached hydrogen (secondary N) is 2. The molecule has 1 atom stereocenters. The average Bonchev–Trinajstić information content (AvgIpc) is 3.05. The van der Waals surface area contributed by atoms with Gasteiger partial charge in [-0.2, -0.15) is 5.10 Å². The van der Waals surface area contributed by atoms with E-state index in [0.717, 1.165) is 19.3 Å². The molecule has 0 saturated carbocycles. The van der Waals surface area contributed by atoms with Crippen LogP contribution < -0.4 is 10.6 Å². The van der Waals surface area contributed by atoms with Crippen LogP contribution >= 0.6 is 0 Å². The number of anilines is 1. The summed E-state index contributed by atoms with van der Waals surface area (Å²) in [5.41, 5.74) is 1.30. The van der Waals surface area contributed by atoms with E-state index in [1.807, 2.05) is 23.1 Å². The molecule has 2 heterocycles. The van der Waals surface area contributed by atoms with E-state index in [1.165, 1.54) is 0 Å². The summed E-state index contributed by atoms with van der Waals surface area (Å²) in [6.07, 6.45) is 6.30. The highest BCUT2D eigenvalue weighted by Gasteiger charge is 2.27. The Kier molecular flexibility index (Phi) is 5.33. The highest BCUT2D eigenvalue weighted by atomic mass is 16.2. The third-order valence-electron chi connectivity index (χ3n) is 4.38. The number of piperidine rings is 1. The van der Waals surface area contributed by atoms with E-state index < -0.39 is 0 Å². The number of amides is 3. The maximum Gasteiger partial charge on any atom is 0.322 e. The lowest BCUT2D eigenvalue weighted by molar-refractivity contribution is 0.0929. The fourth-order valence-electron chi connectivity index (χ4n) is 3.06. The highest BCUT2D eigenvalue weighted by molar-refractivity contribution is 5.94. The summed E-state index contributed by atoms with van der Waals surface area (Å²) < 4.78 is 1.64. The summed E-state index contributed by atoms with van der Waals surface area (Å²) in [6.45, 7) is 1.14. The summed E-state index contributed by atoms with van der Waals surface area (Å²) in [6, 6.07) is 8.96. The topological polar surface area (TPSA) is 79.3 Å². The van der Waals surface area contributed by atoms with E-state index in [2.05, 4.69) is 15.7 Å². The van der Waals surface area contributed by atoms with Gasteiger partial charge < -0.3 is 15.5 Å². The highest BCUT2D eigenvalue weighted by Crippen LogP contribution is 2.18. The molecule has 7 nitrogen and oxygen atoms in total.